The van der Waals surface area contributed by atoms with E-state index in [9.17, 15) is 13.2 Å². The third-order valence-corrected chi connectivity index (χ3v) is 7.67. The van der Waals surface area contributed by atoms with Gasteiger partial charge in [0.15, 0.2) is 9.84 Å². The molecule has 3 atom stereocenters. The Bertz CT molecular complexity index is 924. The maximum absolute atomic E-state index is 12.6. The Kier molecular flexibility index (Phi) is 6.87. The number of fused-ring (bicyclic) bond motifs is 2. The normalized spacial score (nSPS) is 30.2. The molecular weight excluding hydrogens is 446 g/mol. The predicted octanol–water partition coefficient (Wildman–Crippen LogP) is 3.52. The molecule has 1 saturated carbocycles. The summed E-state index contributed by atoms with van der Waals surface area (Å²) in [5.74, 6) is 0. The van der Waals surface area contributed by atoms with E-state index in [1.807, 2.05) is 25.7 Å². The third-order valence-electron chi connectivity index (χ3n) is 6.60. The topological polar surface area (TPSA) is 108 Å². The Balaban J connectivity index is 1.23. The average Bonchev–Trinajstić information content (AvgIpc) is 2.99. The first-order chi connectivity index (χ1) is 15.5. The highest BCUT2D eigenvalue weighted by molar-refractivity contribution is 7.90. The molecule has 2 saturated heterocycles. The highest BCUT2D eigenvalue weighted by atomic mass is 32.2. The molecule has 3 heterocycles. The standard InChI is InChI=1S/C23H35N3O6S/c1-23(2,3)32-22(27)26-15-5-6-16(26)12-19(11-15)30-17-7-9-18(10-8-17)31-21-24-13-20(14-25-21)33(4,28)29/h13-19H,5-12H2,1-4H3/t15-,16+,17?,18?,19?. The van der Waals surface area contributed by atoms with Crippen LogP contribution in [-0.4, -0.2) is 71.6 Å². The fourth-order valence-corrected chi connectivity index (χ4v) is 5.60. The molecule has 3 fully saturated rings. The number of hydrogen-bond acceptors (Lipinski definition) is 8. The van der Waals surface area contributed by atoms with E-state index < -0.39 is 15.4 Å². The molecule has 33 heavy (non-hydrogen) atoms. The van der Waals surface area contributed by atoms with Crippen LogP contribution in [0.3, 0.4) is 0 Å². The minimum Gasteiger partial charge on any atom is -0.460 e. The molecule has 0 radical (unpaired) electrons. The fraction of sp³-hybridized carbons (Fsp3) is 0.783. The lowest BCUT2D eigenvalue weighted by molar-refractivity contribution is -0.0816. The third kappa shape index (κ3) is 6.15. The molecular formula is C23H35N3O6S. The molecule has 10 heteroatoms. The van der Waals surface area contributed by atoms with E-state index in [1.165, 1.54) is 12.4 Å². The van der Waals surface area contributed by atoms with E-state index in [2.05, 4.69) is 9.97 Å². The van der Waals surface area contributed by atoms with E-state index in [-0.39, 0.29) is 47.4 Å². The second-order valence-electron chi connectivity index (χ2n) is 10.5. The summed E-state index contributed by atoms with van der Waals surface area (Å²) in [5.41, 5.74) is -0.481. The van der Waals surface area contributed by atoms with E-state index in [4.69, 9.17) is 14.2 Å². The van der Waals surface area contributed by atoms with Gasteiger partial charge in [0.25, 0.3) is 0 Å². The summed E-state index contributed by atoms with van der Waals surface area (Å²) in [5, 5.41) is 0. The number of hydrogen-bond donors (Lipinski definition) is 0. The van der Waals surface area contributed by atoms with E-state index >= 15 is 0 Å². The first kappa shape index (κ1) is 24.2. The maximum atomic E-state index is 12.6. The van der Waals surface area contributed by atoms with Gasteiger partial charge in [-0.25, -0.2) is 23.2 Å². The van der Waals surface area contributed by atoms with Gasteiger partial charge >= 0.3 is 12.1 Å². The van der Waals surface area contributed by atoms with Crippen molar-refractivity contribution in [3.8, 4) is 6.01 Å². The van der Waals surface area contributed by atoms with Gasteiger partial charge in [-0.1, -0.05) is 0 Å². The molecule has 1 amide bonds. The molecule has 184 valence electrons. The highest BCUT2D eigenvalue weighted by Crippen LogP contribution is 2.39. The quantitative estimate of drug-likeness (QED) is 0.629. The van der Waals surface area contributed by atoms with Crippen LogP contribution in [0.15, 0.2) is 17.3 Å². The molecule has 0 aromatic carbocycles. The van der Waals surface area contributed by atoms with E-state index in [0.717, 1.165) is 57.6 Å². The van der Waals surface area contributed by atoms with Gasteiger partial charge in [0.1, 0.15) is 16.6 Å². The number of sulfone groups is 1. The minimum absolute atomic E-state index is 0.000806. The zero-order chi connectivity index (χ0) is 23.8. The molecule has 1 aliphatic carbocycles. The van der Waals surface area contributed by atoms with Crippen molar-refractivity contribution in [3.05, 3.63) is 12.4 Å². The van der Waals surface area contributed by atoms with Crippen molar-refractivity contribution < 1.29 is 27.4 Å². The Morgan fingerprint density at radius 1 is 0.939 bits per heavy atom. The molecule has 9 nitrogen and oxygen atoms in total. The maximum Gasteiger partial charge on any atom is 0.410 e. The van der Waals surface area contributed by atoms with Crippen molar-refractivity contribution in [3.63, 3.8) is 0 Å². The van der Waals surface area contributed by atoms with Gasteiger partial charge in [-0.15, -0.1) is 0 Å². The number of carbonyl (C=O) groups excluding carboxylic acids is 1. The summed E-state index contributed by atoms with van der Waals surface area (Å²) in [6, 6.07) is 0.614. The average molecular weight is 482 g/mol. The van der Waals surface area contributed by atoms with Crippen LogP contribution in [0.1, 0.15) is 72.1 Å². The van der Waals surface area contributed by atoms with Crippen molar-refractivity contribution in [2.45, 2.75) is 113 Å². The molecule has 3 aliphatic rings. The van der Waals surface area contributed by atoms with Crippen molar-refractivity contribution in [1.82, 2.24) is 14.9 Å². The second-order valence-corrected chi connectivity index (χ2v) is 12.5. The summed E-state index contributed by atoms with van der Waals surface area (Å²) >= 11 is 0. The van der Waals surface area contributed by atoms with Gasteiger partial charge in [0.05, 0.1) is 24.6 Å². The van der Waals surface area contributed by atoms with E-state index in [0.29, 0.717) is 0 Å². The van der Waals surface area contributed by atoms with Crippen LogP contribution in [0, 0.1) is 0 Å². The number of ether oxygens (including phenoxy) is 3. The van der Waals surface area contributed by atoms with Gasteiger partial charge in [0, 0.05) is 18.3 Å². The summed E-state index contributed by atoms with van der Waals surface area (Å²) in [7, 11) is -3.32. The number of amides is 1. The van der Waals surface area contributed by atoms with Crippen molar-refractivity contribution >= 4 is 15.9 Å². The van der Waals surface area contributed by atoms with Gasteiger partial charge in [-0.2, -0.15) is 0 Å². The van der Waals surface area contributed by atoms with Gasteiger partial charge < -0.3 is 19.1 Å². The van der Waals surface area contributed by atoms with Gasteiger partial charge in [-0.05, 0) is 72.1 Å². The first-order valence-electron chi connectivity index (χ1n) is 11.8. The molecule has 1 unspecified atom stereocenters. The van der Waals surface area contributed by atoms with Crippen molar-refractivity contribution in [2.24, 2.45) is 0 Å². The smallest absolute Gasteiger partial charge is 0.410 e. The minimum atomic E-state index is -3.32. The van der Waals surface area contributed by atoms with Crippen LogP contribution in [0.25, 0.3) is 0 Å². The second kappa shape index (κ2) is 9.37. The molecule has 1 aromatic heterocycles. The lowest BCUT2D eigenvalue weighted by atomic mass is 9.93. The van der Waals surface area contributed by atoms with E-state index in [1.54, 1.807) is 0 Å². The molecule has 0 N–H and O–H groups in total. The summed E-state index contributed by atoms with van der Waals surface area (Å²) in [4.78, 5) is 22.7. The molecule has 4 rings (SSSR count). The summed E-state index contributed by atoms with van der Waals surface area (Å²) in [6.07, 6.45) is 11.1. The highest BCUT2D eigenvalue weighted by Gasteiger charge is 2.45. The Hall–Kier alpha value is -1.94. The Morgan fingerprint density at radius 2 is 1.48 bits per heavy atom. The number of nitrogens with zero attached hydrogens (tertiary/aromatic N) is 3. The van der Waals surface area contributed by atoms with Crippen LogP contribution in [0.5, 0.6) is 6.01 Å². The van der Waals surface area contributed by atoms with Crippen molar-refractivity contribution in [1.29, 1.82) is 0 Å². The lowest BCUT2D eigenvalue weighted by Crippen LogP contribution is -2.50. The monoisotopic (exact) mass is 481 g/mol. The number of piperidine rings is 1. The van der Waals surface area contributed by atoms with Crippen LogP contribution in [0.4, 0.5) is 4.79 Å². The first-order valence-corrected chi connectivity index (χ1v) is 13.7. The Morgan fingerprint density at radius 3 is 2.00 bits per heavy atom. The number of carbonyl (C=O) groups is 1. The Labute approximate surface area is 196 Å². The number of aromatic nitrogens is 2. The molecule has 2 aliphatic heterocycles. The molecule has 0 spiro atoms. The molecule has 2 bridgehead atoms. The van der Waals surface area contributed by atoms with Crippen LogP contribution in [-0.2, 0) is 19.3 Å². The molecule has 1 aromatic rings. The fourth-order valence-electron chi connectivity index (χ4n) is 5.12. The zero-order valence-electron chi connectivity index (χ0n) is 19.9. The van der Waals surface area contributed by atoms with Gasteiger partial charge in [0.2, 0.25) is 0 Å². The lowest BCUT2D eigenvalue weighted by Gasteiger charge is -2.41. The van der Waals surface area contributed by atoms with Crippen LogP contribution in [0.2, 0.25) is 0 Å². The van der Waals surface area contributed by atoms with Crippen molar-refractivity contribution in [2.75, 3.05) is 6.26 Å². The zero-order valence-corrected chi connectivity index (χ0v) is 20.7. The van der Waals surface area contributed by atoms with Crippen LogP contribution < -0.4 is 4.74 Å². The number of rotatable bonds is 5. The summed E-state index contributed by atoms with van der Waals surface area (Å²) in [6.45, 7) is 5.71. The van der Waals surface area contributed by atoms with Crippen LogP contribution >= 0.6 is 0 Å². The largest absolute Gasteiger partial charge is 0.460 e. The summed E-state index contributed by atoms with van der Waals surface area (Å²) < 4.78 is 41.0. The van der Waals surface area contributed by atoms with Gasteiger partial charge in [-0.3, -0.25) is 0 Å². The predicted molar refractivity (Wildman–Crippen MR) is 121 cm³/mol. The SMILES string of the molecule is CC(C)(C)OC(=O)N1[C@@H]2CC[C@H]1CC(OC1CCC(Oc3ncc(S(C)(=O)=O)cn3)CC1)C2.